The molecule has 0 fully saturated rings. The van der Waals surface area contributed by atoms with Crippen molar-refractivity contribution in [3.05, 3.63) is 11.5 Å². The largest absolute Gasteiger partial charge is 0.499 e. The van der Waals surface area contributed by atoms with Gasteiger partial charge in [-0.25, -0.2) is 4.79 Å². The normalized spacial score (nSPS) is 21.8. The Labute approximate surface area is 119 Å². The minimum absolute atomic E-state index is 0.0773. The van der Waals surface area contributed by atoms with Crippen molar-refractivity contribution in [3.8, 4) is 0 Å². The van der Waals surface area contributed by atoms with Gasteiger partial charge in [-0.3, -0.25) is 0 Å². The van der Waals surface area contributed by atoms with Gasteiger partial charge < -0.3 is 24.8 Å². The van der Waals surface area contributed by atoms with Gasteiger partial charge in [0.2, 0.25) is 5.76 Å². The van der Waals surface area contributed by atoms with E-state index >= 15 is 0 Å². The molecule has 3 N–H and O–H groups in total. The number of carbonyl (C=O) groups is 1. The Morgan fingerprint density at radius 3 is 2.65 bits per heavy atom. The Kier molecular flexibility index (Phi) is 6.81. The van der Waals surface area contributed by atoms with Crippen LogP contribution >= 0.6 is 0 Å². The van der Waals surface area contributed by atoms with Crippen LogP contribution in [0.25, 0.3) is 0 Å². The van der Waals surface area contributed by atoms with E-state index in [0.717, 1.165) is 25.7 Å². The Morgan fingerprint density at radius 1 is 1.40 bits per heavy atom. The van der Waals surface area contributed by atoms with Crippen LogP contribution in [0.4, 0.5) is 0 Å². The molecule has 6 heteroatoms. The van der Waals surface area contributed by atoms with Gasteiger partial charge in [0, 0.05) is 0 Å². The number of esters is 1. The zero-order valence-corrected chi connectivity index (χ0v) is 12.0. The molecule has 0 aliphatic carbocycles. The number of aliphatic hydroxyl groups is 3. The number of aliphatic hydroxyl groups excluding tert-OH is 3. The summed E-state index contributed by atoms with van der Waals surface area (Å²) in [4.78, 5) is 11.3. The van der Waals surface area contributed by atoms with Crippen LogP contribution < -0.4 is 0 Å². The predicted octanol–water partition coefficient (Wildman–Crippen LogP) is 1.27. The minimum Gasteiger partial charge on any atom is -0.499 e. The lowest BCUT2D eigenvalue weighted by Crippen LogP contribution is -2.32. The van der Waals surface area contributed by atoms with Gasteiger partial charge in [-0.15, -0.1) is 0 Å². The molecule has 116 valence electrons. The fourth-order valence-corrected chi connectivity index (χ4v) is 2.07. The van der Waals surface area contributed by atoms with Crippen LogP contribution in [-0.2, 0) is 14.3 Å². The van der Waals surface area contributed by atoms with E-state index < -0.39 is 30.5 Å². The Balaban J connectivity index is 2.64. The van der Waals surface area contributed by atoms with Crippen LogP contribution in [0, 0.1) is 5.92 Å². The number of hydrogen-bond acceptors (Lipinski definition) is 6. The molecule has 1 heterocycles. The van der Waals surface area contributed by atoms with Crippen molar-refractivity contribution < 1.29 is 29.6 Å². The van der Waals surface area contributed by atoms with Gasteiger partial charge in [0.1, 0.15) is 6.10 Å². The maximum atomic E-state index is 11.3. The first-order chi connectivity index (χ1) is 9.54. The molecule has 1 aliphatic heterocycles. The summed E-state index contributed by atoms with van der Waals surface area (Å²) in [5.41, 5.74) is 0. The highest BCUT2D eigenvalue weighted by Crippen LogP contribution is 2.26. The summed E-state index contributed by atoms with van der Waals surface area (Å²) < 4.78 is 10.3. The maximum Gasteiger partial charge on any atom is 0.378 e. The highest BCUT2D eigenvalue weighted by Gasteiger charge is 2.40. The van der Waals surface area contributed by atoms with Crippen LogP contribution in [0.2, 0.25) is 0 Å². The summed E-state index contributed by atoms with van der Waals surface area (Å²) in [6.07, 6.45) is 1.69. The fraction of sp³-hybridized carbons (Fsp3) is 0.786. The third kappa shape index (κ3) is 4.11. The Bertz CT molecular complexity index is 352. The number of hydrogen-bond donors (Lipinski definition) is 3. The summed E-state index contributed by atoms with van der Waals surface area (Å²) >= 11 is 0. The first kappa shape index (κ1) is 16.8. The summed E-state index contributed by atoms with van der Waals surface area (Å²) in [5.74, 6) is -1.31. The second-order valence-corrected chi connectivity index (χ2v) is 5.02. The standard InChI is InChI=1S/C14H24O6/c1-3-5-6-9(4-2)8-19-13-11(17)14(18)20-12(13)10(16)7-15/h9-10,12,15-17H,3-8H2,1-2H3. The van der Waals surface area contributed by atoms with E-state index in [-0.39, 0.29) is 5.76 Å². The first-order valence-electron chi connectivity index (χ1n) is 7.10. The summed E-state index contributed by atoms with van der Waals surface area (Å²) in [7, 11) is 0. The van der Waals surface area contributed by atoms with Crippen molar-refractivity contribution in [2.24, 2.45) is 5.92 Å². The van der Waals surface area contributed by atoms with E-state index in [9.17, 15) is 15.0 Å². The number of unbranched alkanes of at least 4 members (excludes halogenated alkanes) is 1. The third-order valence-corrected chi connectivity index (χ3v) is 3.47. The van der Waals surface area contributed by atoms with Gasteiger partial charge in [0.25, 0.3) is 0 Å². The van der Waals surface area contributed by atoms with Gasteiger partial charge in [-0.1, -0.05) is 33.1 Å². The van der Waals surface area contributed by atoms with Crippen molar-refractivity contribution >= 4 is 5.97 Å². The second kappa shape index (κ2) is 8.11. The van der Waals surface area contributed by atoms with Gasteiger partial charge in [-0.2, -0.15) is 0 Å². The lowest BCUT2D eigenvalue weighted by Gasteiger charge is -2.21. The molecule has 3 unspecified atom stereocenters. The van der Waals surface area contributed by atoms with E-state index in [1.54, 1.807) is 0 Å². The van der Waals surface area contributed by atoms with Crippen LogP contribution in [0.15, 0.2) is 11.5 Å². The molecular formula is C14H24O6. The fourth-order valence-electron chi connectivity index (χ4n) is 2.07. The molecule has 1 aliphatic rings. The summed E-state index contributed by atoms with van der Waals surface area (Å²) in [6.45, 7) is 3.93. The van der Waals surface area contributed by atoms with E-state index in [0.29, 0.717) is 12.5 Å². The Hall–Kier alpha value is -1.27. The quantitative estimate of drug-likeness (QED) is 0.553. The van der Waals surface area contributed by atoms with Crippen LogP contribution in [-0.4, -0.2) is 46.7 Å². The van der Waals surface area contributed by atoms with E-state index in [1.165, 1.54) is 0 Å². The SMILES string of the molecule is CCCCC(CC)COC1=C(O)C(=O)OC1C(O)CO. The van der Waals surface area contributed by atoms with Gasteiger partial charge >= 0.3 is 5.97 Å². The molecule has 0 saturated heterocycles. The van der Waals surface area contributed by atoms with E-state index in [4.69, 9.17) is 14.6 Å². The topological polar surface area (TPSA) is 96.2 Å². The average Bonchev–Trinajstić information content (AvgIpc) is 2.74. The monoisotopic (exact) mass is 288 g/mol. The molecular weight excluding hydrogens is 264 g/mol. The first-order valence-corrected chi connectivity index (χ1v) is 7.10. The summed E-state index contributed by atoms with van der Waals surface area (Å²) in [6, 6.07) is 0. The maximum absolute atomic E-state index is 11.3. The molecule has 0 aromatic carbocycles. The van der Waals surface area contributed by atoms with Crippen molar-refractivity contribution in [2.45, 2.75) is 51.7 Å². The third-order valence-electron chi connectivity index (χ3n) is 3.47. The summed E-state index contributed by atoms with van der Waals surface area (Å²) in [5, 5.41) is 28.1. The van der Waals surface area contributed by atoms with E-state index in [2.05, 4.69) is 6.92 Å². The predicted molar refractivity (Wildman–Crippen MR) is 71.9 cm³/mol. The number of rotatable bonds is 9. The molecule has 0 amide bonds. The van der Waals surface area contributed by atoms with Crippen LogP contribution in [0.5, 0.6) is 0 Å². The molecule has 0 saturated carbocycles. The molecule has 0 aromatic heterocycles. The van der Waals surface area contributed by atoms with Crippen LogP contribution in [0.3, 0.4) is 0 Å². The highest BCUT2D eigenvalue weighted by molar-refractivity contribution is 5.89. The molecule has 0 bridgehead atoms. The van der Waals surface area contributed by atoms with Gasteiger partial charge in [-0.05, 0) is 12.3 Å². The highest BCUT2D eigenvalue weighted by atomic mass is 16.6. The molecule has 1 rings (SSSR count). The van der Waals surface area contributed by atoms with Crippen molar-refractivity contribution in [1.29, 1.82) is 0 Å². The lowest BCUT2D eigenvalue weighted by atomic mass is 10.0. The minimum atomic E-state index is -1.30. The molecule has 0 radical (unpaired) electrons. The smallest absolute Gasteiger partial charge is 0.378 e. The van der Waals surface area contributed by atoms with Crippen molar-refractivity contribution in [3.63, 3.8) is 0 Å². The average molecular weight is 288 g/mol. The second-order valence-electron chi connectivity index (χ2n) is 5.02. The Morgan fingerprint density at radius 2 is 2.10 bits per heavy atom. The van der Waals surface area contributed by atoms with Crippen LogP contribution in [0.1, 0.15) is 39.5 Å². The van der Waals surface area contributed by atoms with Gasteiger partial charge in [0.15, 0.2) is 11.9 Å². The zero-order valence-electron chi connectivity index (χ0n) is 12.0. The lowest BCUT2D eigenvalue weighted by molar-refractivity contribution is -0.148. The number of carbonyl (C=O) groups excluding carboxylic acids is 1. The number of cyclic esters (lactones) is 1. The van der Waals surface area contributed by atoms with Gasteiger partial charge in [0.05, 0.1) is 13.2 Å². The molecule has 3 atom stereocenters. The molecule has 20 heavy (non-hydrogen) atoms. The van der Waals surface area contributed by atoms with Crippen molar-refractivity contribution in [2.75, 3.05) is 13.2 Å². The number of ether oxygens (including phenoxy) is 2. The molecule has 0 spiro atoms. The van der Waals surface area contributed by atoms with E-state index in [1.807, 2.05) is 6.92 Å². The van der Waals surface area contributed by atoms with Crippen molar-refractivity contribution in [1.82, 2.24) is 0 Å². The molecule has 0 aromatic rings. The molecule has 6 nitrogen and oxygen atoms in total. The zero-order chi connectivity index (χ0) is 15.1.